The van der Waals surface area contributed by atoms with E-state index < -0.39 is 17.6 Å². The molecule has 4 atom stereocenters. The Balaban J connectivity index is 2.42. The van der Waals surface area contributed by atoms with E-state index in [-0.39, 0.29) is 23.9 Å². The molecule has 1 aromatic rings. The summed E-state index contributed by atoms with van der Waals surface area (Å²) >= 11 is 9.45. The van der Waals surface area contributed by atoms with Crippen LogP contribution in [0.4, 0.5) is 0 Å². The van der Waals surface area contributed by atoms with Gasteiger partial charge in [-0.3, -0.25) is 14.9 Å². The summed E-state index contributed by atoms with van der Waals surface area (Å²) < 4.78 is 10.7. The summed E-state index contributed by atoms with van der Waals surface area (Å²) in [6.07, 6.45) is 1.54. The Labute approximate surface area is 174 Å². The maximum Gasteiger partial charge on any atom is 0.323 e. The Kier molecular flexibility index (Phi) is 7.72. The molecule has 5 nitrogen and oxygen atoms in total. The lowest BCUT2D eigenvalue weighted by Gasteiger charge is -2.28. The van der Waals surface area contributed by atoms with E-state index in [0.717, 1.165) is 17.3 Å². The molecular formula is C20H27BrClNO4. The minimum absolute atomic E-state index is 0.217. The SMILES string of the molecule is COC(=O)[C@@H]1N[C@H](c2ccc(Cl)cc2)[C@@H](C(=O)OC(C)(C)C)[C@@H]1CCCBr. The summed E-state index contributed by atoms with van der Waals surface area (Å²) in [4.78, 5) is 25.5. The molecule has 0 saturated carbocycles. The van der Waals surface area contributed by atoms with Gasteiger partial charge in [-0.25, -0.2) is 0 Å². The minimum Gasteiger partial charge on any atom is -0.468 e. The molecule has 1 heterocycles. The molecule has 0 aliphatic carbocycles. The van der Waals surface area contributed by atoms with Gasteiger partial charge in [-0.1, -0.05) is 39.7 Å². The molecule has 150 valence electrons. The van der Waals surface area contributed by atoms with Crippen LogP contribution in [0.3, 0.4) is 0 Å². The van der Waals surface area contributed by atoms with Crippen LogP contribution in [0.5, 0.6) is 0 Å². The molecule has 1 N–H and O–H groups in total. The third kappa shape index (κ3) is 5.69. The molecule has 0 radical (unpaired) electrons. The quantitative estimate of drug-likeness (QED) is 0.507. The fourth-order valence-corrected chi connectivity index (χ4v) is 4.01. The molecule has 0 spiro atoms. The molecule has 1 fully saturated rings. The van der Waals surface area contributed by atoms with Gasteiger partial charge in [-0.05, 0) is 51.3 Å². The normalized spacial score (nSPS) is 25.3. The predicted molar refractivity (Wildman–Crippen MR) is 109 cm³/mol. The topological polar surface area (TPSA) is 64.6 Å². The first-order valence-corrected chi connectivity index (χ1v) is 10.6. The van der Waals surface area contributed by atoms with Crippen molar-refractivity contribution in [3.05, 3.63) is 34.9 Å². The number of nitrogens with one attached hydrogen (secondary N) is 1. The van der Waals surface area contributed by atoms with Crippen LogP contribution in [0.25, 0.3) is 0 Å². The average molecular weight is 461 g/mol. The summed E-state index contributed by atoms with van der Waals surface area (Å²) in [6, 6.07) is 6.40. The third-order valence-electron chi connectivity index (χ3n) is 4.64. The van der Waals surface area contributed by atoms with Crippen LogP contribution in [0.1, 0.15) is 45.2 Å². The minimum atomic E-state index is -0.606. The molecule has 0 aromatic heterocycles. The number of methoxy groups -OCH3 is 1. The lowest BCUT2D eigenvalue weighted by atomic mass is 9.81. The largest absolute Gasteiger partial charge is 0.468 e. The van der Waals surface area contributed by atoms with Crippen molar-refractivity contribution in [1.29, 1.82) is 0 Å². The fraction of sp³-hybridized carbons (Fsp3) is 0.600. The van der Waals surface area contributed by atoms with E-state index in [4.69, 9.17) is 21.1 Å². The smallest absolute Gasteiger partial charge is 0.323 e. The Morgan fingerprint density at radius 3 is 2.33 bits per heavy atom. The van der Waals surface area contributed by atoms with Gasteiger partial charge in [0.25, 0.3) is 0 Å². The van der Waals surface area contributed by atoms with E-state index in [1.54, 1.807) is 12.1 Å². The first-order valence-electron chi connectivity index (χ1n) is 9.06. The number of alkyl halides is 1. The highest BCUT2D eigenvalue weighted by Gasteiger charge is 2.51. The van der Waals surface area contributed by atoms with E-state index in [9.17, 15) is 9.59 Å². The zero-order valence-corrected chi connectivity index (χ0v) is 18.5. The van der Waals surface area contributed by atoms with Crippen molar-refractivity contribution in [1.82, 2.24) is 5.32 Å². The van der Waals surface area contributed by atoms with E-state index in [1.165, 1.54) is 7.11 Å². The highest BCUT2D eigenvalue weighted by molar-refractivity contribution is 9.09. The van der Waals surface area contributed by atoms with Gasteiger partial charge in [0.15, 0.2) is 0 Å². The second-order valence-corrected chi connectivity index (χ2v) is 8.98. The van der Waals surface area contributed by atoms with Crippen LogP contribution in [0.2, 0.25) is 5.02 Å². The van der Waals surface area contributed by atoms with Crippen LogP contribution >= 0.6 is 27.5 Å². The Morgan fingerprint density at radius 1 is 1.19 bits per heavy atom. The number of benzene rings is 1. The van der Waals surface area contributed by atoms with Crippen molar-refractivity contribution in [2.45, 2.75) is 51.3 Å². The maximum absolute atomic E-state index is 13.1. The molecule has 1 aliphatic heterocycles. The zero-order chi connectivity index (χ0) is 20.2. The van der Waals surface area contributed by atoms with E-state index in [1.807, 2.05) is 32.9 Å². The third-order valence-corrected chi connectivity index (χ3v) is 5.45. The number of carbonyl (C=O) groups is 2. The molecule has 0 bridgehead atoms. The van der Waals surface area contributed by atoms with E-state index in [2.05, 4.69) is 21.2 Å². The number of rotatable bonds is 6. The average Bonchev–Trinajstić information content (AvgIpc) is 2.98. The summed E-state index contributed by atoms with van der Waals surface area (Å²) in [5, 5.41) is 4.73. The van der Waals surface area contributed by atoms with E-state index in [0.29, 0.717) is 11.4 Å². The van der Waals surface area contributed by atoms with Crippen LogP contribution in [0.15, 0.2) is 24.3 Å². The molecule has 1 aromatic carbocycles. The summed E-state index contributed by atoms with van der Waals surface area (Å²) in [5.74, 6) is -1.38. The van der Waals surface area contributed by atoms with Gasteiger partial charge in [-0.15, -0.1) is 0 Å². The summed E-state index contributed by atoms with van der Waals surface area (Å²) in [5.41, 5.74) is 0.288. The number of esters is 2. The van der Waals surface area contributed by atoms with E-state index >= 15 is 0 Å². The highest BCUT2D eigenvalue weighted by atomic mass is 79.9. The van der Waals surface area contributed by atoms with Crippen molar-refractivity contribution in [3.8, 4) is 0 Å². The lowest BCUT2D eigenvalue weighted by molar-refractivity contribution is -0.162. The summed E-state index contributed by atoms with van der Waals surface area (Å²) in [7, 11) is 1.36. The number of halogens is 2. The second-order valence-electron chi connectivity index (χ2n) is 7.75. The van der Waals surface area contributed by atoms with Crippen molar-refractivity contribution in [3.63, 3.8) is 0 Å². The predicted octanol–water partition coefficient (Wildman–Crippen LogP) is 4.28. The van der Waals surface area contributed by atoms with Gasteiger partial charge in [0, 0.05) is 22.3 Å². The fourth-order valence-electron chi connectivity index (χ4n) is 3.56. The molecule has 0 unspecified atom stereocenters. The lowest BCUT2D eigenvalue weighted by Crippen LogP contribution is -2.38. The standard InChI is InChI=1S/C20H27BrClNO4/c1-20(2,3)27-18(24)15-14(6-5-11-21)17(19(25)26-4)23-16(15)12-7-9-13(22)10-8-12/h7-10,14-17,23H,5-6,11H2,1-4H3/t14-,15-,16+,17+/m0/s1. The van der Waals surface area contributed by atoms with Crippen molar-refractivity contribution in [2.24, 2.45) is 11.8 Å². The number of hydrogen-bond acceptors (Lipinski definition) is 5. The number of hydrogen-bond donors (Lipinski definition) is 1. The Morgan fingerprint density at radius 2 is 1.81 bits per heavy atom. The van der Waals surface area contributed by atoms with Crippen molar-refractivity contribution >= 4 is 39.5 Å². The van der Waals surface area contributed by atoms with Crippen LogP contribution in [-0.4, -0.2) is 36.0 Å². The van der Waals surface area contributed by atoms with Crippen LogP contribution < -0.4 is 5.32 Å². The Hall–Kier alpha value is -1.11. The first-order chi connectivity index (χ1) is 12.7. The zero-order valence-electron chi connectivity index (χ0n) is 16.1. The van der Waals surface area contributed by atoms with Gasteiger partial charge < -0.3 is 9.47 Å². The summed E-state index contributed by atoms with van der Waals surface area (Å²) in [6.45, 7) is 5.53. The Bertz CT molecular complexity index is 659. The highest BCUT2D eigenvalue weighted by Crippen LogP contribution is 2.42. The molecule has 2 rings (SSSR count). The molecule has 1 saturated heterocycles. The second kappa shape index (κ2) is 9.39. The molecular weight excluding hydrogens is 434 g/mol. The first kappa shape index (κ1) is 22.2. The van der Waals surface area contributed by atoms with Crippen LogP contribution in [-0.2, 0) is 19.1 Å². The van der Waals surface area contributed by atoms with Crippen molar-refractivity contribution in [2.75, 3.05) is 12.4 Å². The molecule has 1 aliphatic rings. The molecule has 7 heteroatoms. The monoisotopic (exact) mass is 459 g/mol. The molecule has 0 amide bonds. The van der Waals surface area contributed by atoms with Gasteiger partial charge in [0.05, 0.1) is 13.0 Å². The van der Waals surface area contributed by atoms with Crippen LogP contribution in [0, 0.1) is 11.8 Å². The van der Waals surface area contributed by atoms with Gasteiger partial charge in [0.1, 0.15) is 11.6 Å². The number of ether oxygens (including phenoxy) is 2. The van der Waals surface area contributed by atoms with Gasteiger partial charge in [-0.2, -0.15) is 0 Å². The van der Waals surface area contributed by atoms with Gasteiger partial charge >= 0.3 is 11.9 Å². The van der Waals surface area contributed by atoms with Crippen molar-refractivity contribution < 1.29 is 19.1 Å². The maximum atomic E-state index is 13.1. The number of carbonyl (C=O) groups excluding carboxylic acids is 2. The van der Waals surface area contributed by atoms with Gasteiger partial charge in [0.2, 0.25) is 0 Å². The molecule has 27 heavy (non-hydrogen) atoms.